The average Bonchev–Trinajstić information content (AvgIpc) is 2.62. The number of hydrogen-bond donors (Lipinski definition) is 0. The number of anilines is 2. The second-order valence-corrected chi connectivity index (χ2v) is 5.48. The van der Waals surface area contributed by atoms with Gasteiger partial charge in [-0.25, -0.2) is 0 Å². The van der Waals surface area contributed by atoms with Gasteiger partial charge in [0.2, 0.25) is 0 Å². The van der Waals surface area contributed by atoms with Crippen LogP contribution in [0.2, 0.25) is 0 Å². The molecule has 1 aromatic carbocycles. The van der Waals surface area contributed by atoms with Crippen molar-refractivity contribution in [3.05, 3.63) is 27.8 Å². The standard InChI is InChI=1S/C15H19N3O5/c19-11-12-9-13(18(20)21)10-14(16-1-5-22-6-2-16)15(12)17-3-7-23-8-4-17/h9-11H,1-8H2. The average molecular weight is 321 g/mol. The molecule has 8 heteroatoms. The lowest BCUT2D eigenvalue weighted by Gasteiger charge is -2.36. The first kappa shape index (κ1) is 15.7. The number of rotatable bonds is 4. The van der Waals surface area contributed by atoms with Crippen LogP contribution in [0.25, 0.3) is 0 Å². The molecule has 2 saturated heterocycles. The van der Waals surface area contributed by atoms with Crippen LogP contribution in [0, 0.1) is 10.1 Å². The molecule has 23 heavy (non-hydrogen) atoms. The number of aldehydes is 1. The van der Waals surface area contributed by atoms with E-state index in [1.165, 1.54) is 6.07 Å². The molecule has 0 amide bonds. The highest BCUT2D eigenvalue weighted by Gasteiger charge is 2.26. The van der Waals surface area contributed by atoms with E-state index < -0.39 is 4.92 Å². The smallest absolute Gasteiger partial charge is 0.272 e. The predicted molar refractivity (Wildman–Crippen MR) is 84.5 cm³/mol. The highest BCUT2D eigenvalue weighted by atomic mass is 16.6. The van der Waals surface area contributed by atoms with Crippen LogP contribution in [0.3, 0.4) is 0 Å². The lowest BCUT2D eigenvalue weighted by Crippen LogP contribution is -2.41. The molecule has 0 aromatic heterocycles. The Morgan fingerprint density at radius 3 is 2.09 bits per heavy atom. The Hall–Kier alpha value is -2.19. The summed E-state index contributed by atoms with van der Waals surface area (Å²) in [4.78, 5) is 26.4. The van der Waals surface area contributed by atoms with Crippen LogP contribution in [-0.2, 0) is 9.47 Å². The zero-order valence-corrected chi connectivity index (χ0v) is 12.8. The lowest BCUT2D eigenvalue weighted by molar-refractivity contribution is -0.384. The van der Waals surface area contributed by atoms with E-state index in [-0.39, 0.29) is 5.69 Å². The summed E-state index contributed by atoms with van der Waals surface area (Å²) in [5.41, 5.74) is 1.77. The van der Waals surface area contributed by atoms with Crippen molar-refractivity contribution in [3.8, 4) is 0 Å². The van der Waals surface area contributed by atoms with Gasteiger partial charge in [0.25, 0.3) is 5.69 Å². The molecule has 0 bridgehead atoms. The Labute approximate surface area is 133 Å². The van der Waals surface area contributed by atoms with Gasteiger partial charge in [-0.1, -0.05) is 0 Å². The summed E-state index contributed by atoms with van der Waals surface area (Å²) in [6.45, 7) is 4.93. The molecule has 0 spiro atoms. The molecule has 8 nitrogen and oxygen atoms in total. The summed E-state index contributed by atoms with van der Waals surface area (Å²) < 4.78 is 10.7. The van der Waals surface area contributed by atoms with E-state index in [2.05, 4.69) is 4.90 Å². The van der Waals surface area contributed by atoms with Gasteiger partial charge >= 0.3 is 0 Å². The summed E-state index contributed by atoms with van der Waals surface area (Å²) in [6.07, 6.45) is 0.696. The zero-order chi connectivity index (χ0) is 16.2. The second kappa shape index (κ2) is 6.93. The van der Waals surface area contributed by atoms with Gasteiger partial charge in [0.05, 0.1) is 42.7 Å². The number of ether oxygens (including phenoxy) is 2. The molecule has 124 valence electrons. The maximum absolute atomic E-state index is 11.6. The maximum atomic E-state index is 11.6. The molecule has 2 fully saturated rings. The van der Waals surface area contributed by atoms with Crippen LogP contribution in [0.4, 0.5) is 17.1 Å². The minimum atomic E-state index is -0.458. The first-order valence-corrected chi connectivity index (χ1v) is 7.63. The number of carbonyl (C=O) groups is 1. The summed E-state index contributed by atoms with van der Waals surface area (Å²) in [6, 6.07) is 2.91. The molecule has 0 radical (unpaired) electrons. The molecule has 0 aliphatic carbocycles. The lowest BCUT2D eigenvalue weighted by atomic mass is 10.1. The van der Waals surface area contributed by atoms with E-state index in [0.29, 0.717) is 64.5 Å². The number of hydrogen-bond acceptors (Lipinski definition) is 7. The minimum absolute atomic E-state index is 0.0643. The number of nitro groups is 1. The highest BCUT2D eigenvalue weighted by Crippen LogP contribution is 2.37. The van der Waals surface area contributed by atoms with Gasteiger partial charge in [-0.2, -0.15) is 0 Å². The van der Waals surface area contributed by atoms with Crippen molar-refractivity contribution in [2.75, 3.05) is 62.4 Å². The molecule has 2 heterocycles. The van der Waals surface area contributed by atoms with E-state index in [1.807, 2.05) is 4.90 Å². The van der Waals surface area contributed by atoms with Crippen molar-refractivity contribution in [2.24, 2.45) is 0 Å². The third-order valence-corrected chi connectivity index (χ3v) is 4.12. The van der Waals surface area contributed by atoms with Crippen LogP contribution in [-0.4, -0.2) is 63.8 Å². The Bertz CT molecular complexity index is 595. The molecule has 0 saturated carbocycles. The van der Waals surface area contributed by atoms with Gasteiger partial charge < -0.3 is 19.3 Å². The van der Waals surface area contributed by atoms with E-state index in [1.54, 1.807) is 6.07 Å². The van der Waals surface area contributed by atoms with Crippen molar-refractivity contribution in [2.45, 2.75) is 0 Å². The van der Waals surface area contributed by atoms with Gasteiger partial charge in [0.15, 0.2) is 6.29 Å². The molecule has 3 rings (SSSR count). The van der Waals surface area contributed by atoms with Crippen LogP contribution < -0.4 is 9.80 Å². The normalized spacial score (nSPS) is 18.8. The first-order chi connectivity index (χ1) is 11.2. The summed E-state index contributed by atoms with van der Waals surface area (Å²) >= 11 is 0. The molecule has 0 atom stereocenters. The van der Waals surface area contributed by atoms with Crippen molar-refractivity contribution in [1.82, 2.24) is 0 Å². The summed E-state index contributed by atoms with van der Waals surface area (Å²) in [5.74, 6) is 0. The fourth-order valence-electron chi connectivity index (χ4n) is 3.00. The summed E-state index contributed by atoms with van der Waals surface area (Å²) in [7, 11) is 0. The highest BCUT2D eigenvalue weighted by molar-refractivity contribution is 5.93. The number of nitro benzene ring substituents is 1. The summed E-state index contributed by atoms with van der Waals surface area (Å²) in [5, 5.41) is 11.2. The molecule has 0 N–H and O–H groups in total. The number of carbonyl (C=O) groups excluding carboxylic acids is 1. The monoisotopic (exact) mass is 321 g/mol. The predicted octanol–water partition coefficient (Wildman–Crippen LogP) is 1.08. The third-order valence-electron chi connectivity index (χ3n) is 4.12. The van der Waals surface area contributed by atoms with Gasteiger partial charge in [-0.3, -0.25) is 14.9 Å². The fraction of sp³-hybridized carbons (Fsp3) is 0.533. The number of nitrogens with zero attached hydrogens (tertiary/aromatic N) is 3. The Balaban J connectivity index is 2.08. The Kier molecular flexibility index (Phi) is 4.73. The van der Waals surface area contributed by atoms with Crippen LogP contribution in [0.1, 0.15) is 10.4 Å². The molecule has 2 aliphatic rings. The molecule has 2 aliphatic heterocycles. The molecule has 1 aromatic rings. The first-order valence-electron chi connectivity index (χ1n) is 7.63. The van der Waals surface area contributed by atoms with E-state index >= 15 is 0 Å². The van der Waals surface area contributed by atoms with Crippen molar-refractivity contribution in [1.29, 1.82) is 0 Å². The fourth-order valence-corrected chi connectivity index (χ4v) is 3.00. The quantitative estimate of drug-likeness (QED) is 0.466. The molecule has 0 unspecified atom stereocenters. The number of non-ortho nitro benzene ring substituents is 1. The maximum Gasteiger partial charge on any atom is 0.272 e. The number of morpholine rings is 2. The van der Waals surface area contributed by atoms with Gasteiger partial charge in [0.1, 0.15) is 0 Å². The molecular formula is C15H19N3O5. The van der Waals surface area contributed by atoms with E-state index in [0.717, 1.165) is 11.4 Å². The third kappa shape index (κ3) is 3.27. The largest absolute Gasteiger partial charge is 0.378 e. The Morgan fingerprint density at radius 2 is 1.57 bits per heavy atom. The van der Waals surface area contributed by atoms with Gasteiger partial charge in [-0.15, -0.1) is 0 Å². The topological polar surface area (TPSA) is 85.1 Å². The zero-order valence-electron chi connectivity index (χ0n) is 12.8. The van der Waals surface area contributed by atoms with E-state index in [9.17, 15) is 14.9 Å². The van der Waals surface area contributed by atoms with Crippen molar-refractivity contribution in [3.63, 3.8) is 0 Å². The van der Waals surface area contributed by atoms with Crippen molar-refractivity contribution < 1.29 is 19.2 Å². The number of benzene rings is 1. The van der Waals surface area contributed by atoms with Gasteiger partial charge in [0, 0.05) is 43.9 Å². The van der Waals surface area contributed by atoms with Crippen LogP contribution in [0.15, 0.2) is 12.1 Å². The van der Waals surface area contributed by atoms with Crippen molar-refractivity contribution >= 4 is 23.3 Å². The van der Waals surface area contributed by atoms with Crippen LogP contribution in [0.5, 0.6) is 0 Å². The SMILES string of the molecule is O=Cc1cc([N+](=O)[O-])cc(N2CCOCC2)c1N1CCOCC1. The molecular weight excluding hydrogens is 302 g/mol. The van der Waals surface area contributed by atoms with Crippen LogP contribution >= 0.6 is 0 Å². The van der Waals surface area contributed by atoms with E-state index in [4.69, 9.17) is 9.47 Å². The minimum Gasteiger partial charge on any atom is -0.378 e. The van der Waals surface area contributed by atoms with Gasteiger partial charge in [-0.05, 0) is 0 Å². The Morgan fingerprint density at radius 1 is 1.00 bits per heavy atom. The second-order valence-electron chi connectivity index (χ2n) is 5.48.